The maximum atomic E-state index is 13.5. The highest BCUT2D eigenvalue weighted by Gasteiger charge is 2.31. The number of sulfonamides is 1. The van der Waals surface area contributed by atoms with Crippen LogP contribution in [0.3, 0.4) is 0 Å². The summed E-state index contributed by atoms with van der Waals surface area (Å²) in [5, 5.41) is 0. The van der Waals surface area contributed by atoms with Gasteiger partial charge in [0, 0.05) is 6.04 Å². The second-order valence-electron chi connectivity index (χ2n) is 4.73. The highest BCUT2D eigenvalue weighted by Crippen LogP contribution is 2.26. The highest BCUT2D eigenvalue weighted by molar-refractivity contribution is 7.89. The summed E-state index contributed by atoms with van der Waals surface area (Å²) < 4.78 is 53.1. The Kier molecular flexibility index (Phi) is 4.17. The van der Waals surface area contributed by atoms with Crippen molar-refractivity contribution in [3.63, 3.8) is 0 Å². The number of nitrogens with two attached hydrogens (primary N) is 1. The average molecular weight is 290 g/mol. The molecule has 0 amide bonds. The van der Waals surface area contributed by atoms with Gasteiger partial charge in [-0.2, -0.15) is 0 Å². The van der Waals surface area contributed by atoms with Crippen LogP contribution in [0.2, 0.25) is 0 Å². The molecular formula is C12H16F2N2O2S. The van der Waals surface area contributed by atoms with E-state index >= 15 is 0 Å². The molecule has 1 aliphatic rings. The van der Waals surface area contributed by atoms with Crippen molar-refractivity contribution in [2.75, 3.05) is 6.54 Å². The molecule has 2 atom stereocenters. The summed E-state index contributed by atoms with van der Waals surface area (Å²) in [5.74, 6) is -1.70. The molecule has 2 unspecified atom stereocenters. The predicted octanol–water partition coefficient (Wildman–Crippen LogP) is 1.37. The van der Waals surface area contributed by atoms with Gasteiger partial charge < -0.3 is 5.73 Å². The van der Waals surface area contributed by atoms with E-state index in [9.17, 15) is 17.2 Å². The van der Waals surface area contributed by atoms with Crippen LogP contribution in [-0.2, 0) is 10.0 Å². The molecule has 0 heterocycles. The van der Waals surface area contributed by atoms with Gasteiger partial charge in [0.15, 0.2) is 0 Å². The fourth-order valence-electron chi connectivity index (χ4n) is 2.42. The third-order valence-corrected chi connectivity index (χ3v) is 4.96. The molecule has 0 saturated heterocycles. The minimum atomic E-state index is -4.06. The highest BCUT2D eigenvalue weighted by atomic mass is 32.2. The van der Waals surface area contributed by atoms with Gasteiger partial charge in [0.25, 0.3) is 0 Å². The normalized spacial score (nSPS) is 23.7. The minimum absolute atomic E-state index is 0.0476. The summed E-state index contributed by atoms with van der Waals surface area (Å²) in [5.41, 5.74) is 5.57. The predicted molar refractivity (Wildman–Crippen MR) is 66.9 cm³/mol. The Morgan fingerprint density at radius 2 is 2.05 bits per heavy atom. The lowest BCUT2D eigenvalue weighted by atomic mass is 10.1. The number of nitrogens with one attached hydrogen (secondary N) is 1. The van der Waals surface area contributed by atoms with Crippen LogP contribution in [-0.4, -0.2) is 21.0 Å². The Labute approximate surface area is 111 Å². The SMILES string of the molecule is NCC1CCCC1NS(=O)(=O)c1cc(F)ccc1F. The van der Waals surface area contributed by atoms with Gasteiger partial charge >= 0.3 is 0 Å². The molecule has 4 nitrogen and oxygen atoms in total. The molecule has 106 valence electrons. The van der Waals surface area contributed by atoms with Gasteiger partial charge in [-0.3, -0.25) is 0 Å². The van der Waals surface area contributed by atoms with Gasteiger partial charge in [-0.1, -0.05) is 6.42 Å². The van der Waals surface area contributed by atoms with Crippen LogP contribution < -0.4 is 10.5 Å². The molecule has 7 heteroatoms. The van der Waals surface area contributed by atoms with Crippen molar-refractivity contribution in [1.82, 2.24) is 4.72 Å². The van der Waals surface area contributed by atoms with Crippen molar-refractivity contribution < 1.29 is 17.2 Å². The molecule has 1 aromatic rings. The van der Waals surface area contributed by atoms with Crippen molar-refractivity contribution in [2.45, 2.75) is 30.2 Å². The summed E-state index contributed by atoms with van der Waals surface area (Å²) in [6, 6.07) is 2.06. The minimum Gasteiger partial charge on any atom is -0.330 e. The standard InChI is InChI=1S/C12H16F2N2O2S/c13-9-4-5-10(14)12(6-9)19(17,18)16-11-3-1-2-8(11)7-15/h4-6,8,11,16H,1-3,7,15H2. The molecule has 0 spiro atoms. The van der Waals surface area contributed by atoms with E-state index in [1.165, 1.54) is 0 Å². The van der Waals surface area contributed by atoms with Crippen LogP contribution in [0, 0.1) is 17.6 Å². The fraction of sp³-hybridized carbons (Fsp3) is 0.500. The van der Waals surface area contributed by atoms with Crippen LogP contribution in [0.1, 0.15) is 19.3 Å². The Morgan fingerprint density at radius 3 is 2.74 bits per heavy atom. The first-order valence-electron chi connectivity index (χ1n) is 6.11. The summed E-state index contributed by atoms with van der Waals surface area (Å²) in [6.07, 6.45) is 2.38. The van der Waals surface area contributed by atoms with Crippen molar-refractivity contribution in [3.05, 3.63) is 29.8 Å². The van der Waals surface area contributed by atoms with E-state index < -0.39 is 26.6 Å². The van der Waals surface area contributed by atoms with Gasteiger partial charge in [0.05, 0.1) is 0 Å². The quantitative estimate of drug-likeness (QED) is 0.879. The Bertz CT molecular complexity index is 563. The van der Waals surface area contributed by atoms with E-state index in [0.717, 1.165) is 25.0 Å². The molecule has 0 bridgehead atoms. The van der Waals surface area contributed by atoms with Gasteiger partial charge in [-0.25, -0.2) is 21.9 Å². The summed E-state index contributed by atoms with van der Waals surface area (Å²) >= 11 is 0. The van der Waals surface area contributed by atoms with E-state index in [0.29, 0.717) is 19.0 Å². The van der Waals surface area contributed by atoms with E-state index in [2.05, 4.69) is 4.72 Å². The largest absolute Gasteiger partial charge is 0.330 e. The molecule has 1 saturated carbocycles. The zero-order valence-corrected chi connectivity index (χ0v) is 11.1. The van der Waals surface area contributed by atoms with Crippen LogP contribution in [0.25, 0.3) is 0 Å². The third kappa shape index (κ3) is 3.10. The number of halogens is 2. The molecule has 1 aliphatic carbocycles. The second-order valence-corrected chi connectivity index (χ2v) is 6.41. The molecule has 19 heavy (non-hydrogen) atoms. The van der Waals surface area contributed by atoms with Crippen molar-refractivity contribution in [3.8, 4) is 0 Å². The second kappa shape index (κ2) is 5.52. The number of rotatable bonds is 4. The van der Waals surface area contributed by atoms with Gasteiger partial charge in [0.1, 0.15) is 16.5 Å². The summed E-state index contributed by atoms with van der Waals surface area (Å²) in [4.78, 5) is -0.657. The van der Waals surface area contributed by atoms with Crippen molar-refractivity contribution >= 4 is 10.0 Å². The molecule has 2 rings (SSSR count). The number of hydrogen-bond donors (Lipinski definition) is 2. The summed E-state index contributed by atoms with van der Waals surface area (Å²) in [6.45, 7) is 0.374. The average Bonchev–Trinajstić information content (AvgIpc) is 2.78. The van der Waals surface area contributed by atoms with Crippen molar-refractivity contribution in [2.24, 2.45) is 11.7 Å². The number of hydrogen-bond acceptors (Lipinski definition) is 3. The van der Waals surface area contributed by atoms with Crippen LogP contribution in [0.4, 0.5) is 8.78 Å². The lowest BCUT2D eigenvalue weighted by Gasteiger charge is -2.19. The number of benzene rings is 1. The molecule has 0 aliphatic heterocycles. The van der Waals surface area contributed by atoms with Crippen molar-refractivity contribution in [1.29, 1.82) is 0 Å². The maximum Gasteiger partial charge on any atom is 0.243 e. The first-order chi connectivity index (χ1) is 8.94. The van der Waals surface area contributed by atoms with Gasteiger partial charge in [-0.05, 0) is 43.5 Å². The summed E-state index contributed by atoms with van der Waals surface area (Å²) in [7, 11) is -4.06. The molecule has 1 fully saturated rings. The van der Waals surface area contributed by atoms with Crippen LogP contribution in [0.5, 0.6) is 0 Å². The molecule has 0 aromatic heterocycles. The Balaban J connectivity index is 2.25. The van der Waals surface area contributed by atoms with E-state index in [1.54, 1.807) is 0 Å². The smallest absolute Gasteiger partial charge is 0.243 e. The molecule has 3 N–H and O–H groups in total. The van der Waals surface area contributed by atoms with Gasteiger partial charge in [0.2, 0.25) is 10.0 Å². The van der Waals surface area contributed by atoms with E-state index in [4.69, 9.17) is 5.73 Å². The maximum absolute atomic E-state index is 13.5. The fourth-order valence-corrected chi connectivity index (χ4v) is 3.85. The Morgan fingerprint density at radius 1 is 1.32 bits per heavy atom. The Hall–Kier alpha value is -1.05. The van der Waals surface area contributed by atoms with E-state index in [1.807, 2.05) is 0 Å². The molecule has 1 aromatic carbocycles. The molecule has 0 radical (unpaired) electrons. The zero-order valence-electron chi connectivity index (χ0n) is 10.3. The lowest BCUT2D eigenvalue weighted by molar-refractivity contribution is 0.450. The first-order valence-corrected chi connectivity index (χ1v) is 7.60. The molecular weight excluding hydrogens is 274 g/mol. The topological polar surface area (TPSA) is 72.2 Å². The van der Waals surface area contributed by atoms with Crippen LogP contribution in [0.15, 0.2) is 23.1 Å². The lowest BCUT2D eigenvalue weighted by Crippen LogP contribution is -2.40. The van der Waals surface area contributed by atoms with Gasteiger partial charge in [-0.15, -0.1) is 0 Å². The third-order valence-electron chi connectivity index (χ3n) is 3.45. The zero-order chi connectivity index (χ0) is 14.0. The first kappa shape index (κ1) is 14.4. The monoisotopic (exact) mass is 290 g/mol. The van der Waals surface area contributed by atoms with E-state index in [-0.39, 0.29) is 12.0 Å². The van der Waals surface area contributed by atoms with Crippen LogP contribution >= 0.6 is 0 Å².